The first kappa shape index (κ1) is 14.8. The number of nitrogens with zero attached hydrogens (tertiary/aromatic N) is 1. The monoisotopic (exact) mass is 354 g/mol. The number of non-ortho nitro benzene ring substituents is 1. The normalized spacial score (nSPS) is 11.9. The highest BCUT2D eigenvalue weighted by molar-refractivity contribution is 9.10. The van der Waals surface area contributed by atoms with Crippen molar-refractivity contribution in [3.63, 3.8) is 0 Å². The van der Waals surface area contributed by atoms with Gasteiger partial charge in [-0.15, -0.1) is 0 Å². The van der Waals surface area contributed by atoms with Gasteiger partial charge < -0.3 is 5.32 Å². The van der Waals surface area contributed by atoms with E-state index in [0.29, 0.717) is 5.02 Å². The first-order valence-corrected chi connectivity index (χ1v) is 7.10. The molecule has 0 fully saturated rings. The van der Waals surface area contributed by atoms with Gasteiger partial charge in [-0.2, -0.15) is 0 Å². The van der Waals surface area contributed by atoms with Crippen LogP contribution in [0, 0.1) is 10.1 Å². The summed E-state index contributed by atoms with van der Waals surface area (Å²) in [5.74, 6) is 0. The second-order valence-corrected chi connectivity index (χ2v) is 5.61. The SMILES string of the molecule is CC(Nc1ccc(Cl)c(Br)c1)c1cccc([N+](=O)[O-])c1. The second-order valence-electron chi connectivity index (χ2n) is 4.35. The minimum atomic E-state index is -0.394. The summed E-state index contributed by atoms with van der Waals surface area (Å²) >= 11 is 9.30. The quantitative estimate of drug-likeness (QED) is 0.607. The molecular formula is C14H12BrClN2O2. The van der Waals surface area contributed by atoms with E-state index in [2.05, 4.69) is 21.2 Å². The van der Waals surface area contributed by atoms with Gasteiger partial charge in [0.2, 0.25) is 0 Å². The first-order valence-electron chi connectivity index (χ1n) is 5.93. The van der Waals surface area contributed by atoms with E-state index in [1.54, 1.807) is 18.2 Å². The van der Waals surface area contributed by atoms with Gasteiger partial charge in [0.1, 0.15) is 0 Å². The Kier molecular flexibility index (Phi) is 4.62. The molecule has 2 rings (SSSR count). The van der Waals surface area contributed by atoms with E-state index < -0.39 is 4.92 Å². The summed E-state index contributed by atoms with van der Waals surface area (Å²) in [6, 6.07) is 12.1. The molecule has 6 heteroatoms. The van der Waals surface area contributed by atoms with Crippen LogP contribution in [0.1, 0.15) is 18.5 Å². The maximum atomic E-state index is 10.8. The molecule has 2 aromatic rings. The van der Waals surface area contributed by atoms with E-state index in [9.17, 15) is 10.1 Å². The van der Waals surface area contributed by atoms with Crippen LogP contribution < -0.4 is 5.32 Å². The molecule has 1 unspecified atom stereocenters. The Hall–Kier alpha value is -1.59. The molecule has 0 spiro atoms. The molecule has 0 aliphatic carbocycles. The van der Waals surface area contributed by atoms with Gasteiger partial charge in [-0.1, -0.05) is 23.7 Å². The lowest BCUT2D eigenvalue weighted by Crippen LogP contribution is -2.06. The highest BCUT2D eigenvalue weighted by Gasteiger charge is 2.11. The predicted octanol–water partition coefficient (Wildman–Crippen LogP) is 5.18. The maximum absolute atomic E-state index is 10.8. The molecule has 0 bridgehead atoms. The van der Waals surface area contributed by atoms with Crippen molar-refractivity contribution in [2.24, 2.45) is 0 Å². The topological polar surface area (TPSA) is 55.2 Å². The number of nitro benzene ring substituents is 1. The van der Waals surface area contributed by atoms with E-state index in [0.717, 1.165) is 15.7 Å². The zero-order valence-electron chi connectivity index (χ0n) is 10.6. The largest absolute Gasteiger partial charge is 0.378 e. The van der Waals surface area contributed by atoms with Crippen molar-refractivity contribution in [2.45, 2.75) is 13.0 Å². The third kappa shape index (κ3) is 3.49. The summed E-state index contributed by atoms with van der Waals surface area (Å²) in [7, 11) is 0. The van der Waals surface area contributed by atoms with Crippen LogP contribution in [-0.2, 0) is 0 Å². The minimum absolute atomic E-state index is 0.0528. The Bertz CT molecular complexity index is 649. The van der Waals surface area contributed by atoms with Crippen LogP contribution in [0.2, 0.25) is 5.02 Å². The predicted molar refractivity (Wildman–Crippen MR) is 84.3 cm³/mol. The Labute approximate surface area is 130 Å². The fourth-order valence-electron chi connectivity index (χ4n) is 1.83. The lowest BCUT2D eigenvalue weighted by atomic mass is 10.1. The summed E-state index contributed by atoms with van der Waals surface area (Å²) in [5, 5.41) is 14.7. The van der Waals surface area contributed by atoms with Crippen molar-refractivity contribution >= 4 is 38.9 Å². The standard InChI is InChI=1S/C14H12BrClN2O2/c1-9(10-3-2-4-12(7-10)18(19)20)17-11-5-6-14(16)13(15)8-11/h2-9,17H,1H3. The number of nitrogens with one attached hydrogen (secondary N) is 1. The summed E-state index contributed by atoms with van der Waals surface area (Å²) in [5.41, 5.74) is 1.83. The highest BCUT2D eigenvalue weighted by Crippen LogP contribution is 2.28. The Morgan fingerprint density at radius 3 is 2.70 bits per heavy atom. The number of hydrogen-bond donors (Lipinski definition) is 1. The summed E-state index contributed by atoms with van der Waals surface area (Å²) in [4.78, 5) is 10.4. The molecule has 104 valence electrons. The van der Waals surface area contributed by atoms with Crippen LogP contribution >= 0.6 is 27.5 Å². The third-order valence-electron chi connectivity index (χ3n) is 2.88. The van der Waals surface area contributed by atoms with E-state index in [-0.39, 0.29) is 11.7 Å². The molecule has 0 amide bonds. The zero-order chi connectivity index (χ0) is 14.7. The van der Waals surface area contributed by atoms with E-state index in [4.69, 9.17) is 11.6 Å². The number of nitro groups is 1. The molecule has 0 heterocycles. The average Bonchev–Trinajstić information content (AvgIpc) is 2.43. The molecule has 2 aromatic carbocycles. The fourth-order valence-corrected chi connectivity index (χ4v) is 2.32. The van der Waals surface area contributed by atoms with Gasteiger partial charge in [0.05, 0.1) is 9.95 Å². The average molecular weight is 356 g/mol. The molecule has 0 aliphatic heterocycles. The van der Waals surface area contributed by atoms with E-state index >= 15 is 0 Å². The smallest absolute Gasteiger partial charge is 0.269 e. The van der Waals surface area contributed by atoms with Gasteiger partial charge in [-0.3, -0.25) is 10.1 Å². The van der Waals surface area contributed by atoms with Crippen LogP contribution in [0.25, 0.3) is 0 Å². The Morgan fingerprint density at radius 1 is 1.30 bits per heavy atom. The molecule has 0 aliphatic rings. The van der Waals surface area contributed by atoms with Crippen LogP contribution in [0.5, 0.6) is 0 Å². The Morgan fingerprint density at radius 2 is 2.05 bits per heavy atom. The van der Waals surface area contributed by atoms with Gasteiger partial charge >= 0.3 is 0 Å². The van der Waals surface area contributed by atoms with Crippen molar-refractivity contribution in [1.82, 2.24) is 0 Å². The van der Waals surface area contributed by atoms with Crippen LogP contribution in [0.15, 0.2) is 46.9 Å². The molecule has 20 heavy (non-hydrogen) atoms. The number of benzene rings is 2. The van der Waals surface area contributed by atoms with Gasteiger partial charge in [-0.05, 0) is 46.6 Å². The molecular weight excluding hydrogens is 344 g/mol. The molecule has 4 nitrogen and oxygen atoms in total. The lowest BCUT2D eigenvalue weighted by molar-refractivity contribution is -0.384. The molecule has 1 N–H and O–H groups in total. The molecule has 0 saturated carbocycles. The number of halogens is 2. The van der Waals surface area contributed by atoms with Crippen molar-refractivity contribution in [1.29, 1.82) is 0 Å². The van der Waals surface area contributed by atoms with Crippen molar-refractivity contribution < 1.29 is 4.92 Å². The van der Waals surface area contributed by atoms with Crippen LogP contribution in [-0.4, -0.2) is 4.92 Å². The van der Waals surface area contributed by atoms with Gasteiger partial charge in [0, 0.05) is 28.3 Å². The van der Waals surface area contributed by atoms with Gasteiger partial charge in [0.25, 0.3) is 5.69 Å². The molecule has 0 radical (unpaired) electrons. The zero-order valence-corrected chi connectivity index (χ0v) is 13.0. The number of rotatable bonds is 4. The van der Waals surface area contributed by atoms with Crippen LogP contribution in [0.3, 0.4) is 0 Å². The second kappa shape index (κ2) is 6.24. The summed E-state index contributed by atoms with van der Waals surface area (Å²) in [6.07, 6.45) is 0. The summed E-state index contributed by atoms with van der Waals surface area (Å²) in [6.45, 7) is 1.95. The van der Waals surface area contributed by atoms with Crippen molar-refractivity contribution in [2.75, 3.05) is 5.32 Å². The molecule has 0 saturated heterocycles. The van der Waals surface area contributed by atoms with E-state index in [1.165, 1.54) is 6.07 Å². The van der Waals surface area contributed by atoms with Crippen molar-refractivity contribution in [3.8, 4) is 0 Å². The Balaban J connectivity index is 2.19. The van der Waals surface area contributed by atoms with Crippen LogP contribution in [0.4, 0.5) is 11.4 Å². The van der Waals surface area contributed by atoms with Gasteiger partial charge in [-0.25, -0.2) is 0 Å². The molecule has 1 atom stereocenters. The molecule has 0 aromatic heterocycles. The fraction of sp³-hybridized carbons (Fsp3) is 0.143. The number of hydrogen-bond acceptors (Lipinski definition) is 3. The minimum Gasteiger partial charge on any atom is -0.378 e. The third-order valence-corrected chi connectivity index (χ3v) is 4.10. The maximum Gasteiger partial charge on any atom is 0.269 e. The van der Waals surface area contributed by atoms with E-state index in [1.807, 2.05) is 25.1 Å². The number of anilines is 1. The summed E-state index contributed by atoms with van der Waals surface area (Å²) < 4.78 is 0.801. The van der Waals surface area contributed by atoms with Crippen molar-refractivity contribution in [3.05, 3.63) is 67.6 Å². The highest BCUT2D eigenvalue weighted by atomic mass is 79.9. The first-order chi connectivity index (χ1) is 9.47. The van der Waals surface area contributed by atoms with Gasteiger partial charge in [0.15, 0.2) is 0 Å². The lowest BCUT2D eigenvalue weighted by Gasteiger charge is -2.16.